The Hall–Kier alpha value is -0.570. The number of carbonyl (C=O) groups is 1. The number of ketones is 1. The Labute approximate surface area is 80.7 Å². The average Bonchev–Trinajstić information content (AvgIpc) is 2.16. The largest absolute Gasteiger partial charge is 0.344 e. The minimum Gasteiger partial charge on any atom is -0.344 e. The van der Waals surface area contributed by atoms with Crippen molar-refractivity contribution in [3.63, 3.8) is 0 Å². The Morgan fingerprint density at radius 2 is 1.92 bits per heavy atom. The molecule has 0 amide bonds. The molecule has 1 aromatic heterocycles. The van der Waals surface area contributed by atoms with E-state index in [1.807, 2.05) is 25.5 Å². The lowest BCUT2D eigenvalue weighted by molar-refractivity contribution is 0.100. The van der Waals surface area contributed by atoms with Gasteiger partial charge in [-0.1, -0.05) is 0 Å². The second-order valence-corrected chi connectivity index (χ2v) is 3.78. The first-order chi connectivity index (χ1) is 5.46. The van der Waals surface area contributed by atoms with E-state index in [0.29, 0.717) is 0 Å². The number of carbonyl (C=O) groups excluding carboxylic acids is 1. The van der Waals surface area contributed by atoms with Crippen LogP contribution in [0.1, 0.15) is 28.7 Å². The average molecular weight is 230 g/mol. The normalized spacial score (nSPS) is 10.4. The molecule has 0 N–H and O–H groups in total. The van der Waals surface area contributed by atoms with Gasteiger partial charge in [-0.25, -0.2) is 0 Å². The molecule has 1 heterocycles. The fourth-order valence-electron chi connectivity index (χ4n) is 1.44. The van der Waals surface area contributed by atoms with Gasteiger partial charge in [0.05, 0.1) is 5.69 Å². The molecule has 0 unspecified atom stereocenters. The summed E-state index contributed by atoms with van der Waals surface area (Å²) in [4.78, 5) is 11.2. The predicted octanol–water partition coefficient (Wildman–Crippen LogP) is 2.61. The maximum absolute atomic E-state index is 11.2. The first-order valence-corrected chi connectivity index (χ1v) is 4.58. The van der Waals surface area contributed by atoms with Crippen molar-refractivity contribution in [2.45, 2.75) is 20.8 Å². The lowest BCUT2D eigenvalue weighted by Gasteiger charge is -2.00. The van der Waals surface area contributed by atoms with Crippen molar-refractivity contribution in [2.75, 3.05) is 0 Å². The van der Waals surface area contributed by atoms with E-state index in [9.17, 15) is 4.79 Å². The van der Waals surface area contributed by atoms with Crippen molar-refractivity contribution in [1.29, 1.82) is 0 Å². The standard InChI is InChI=1S/C9H12BrNO/c1-5-8(10)6(2)11(4)9(5)7(3)12/h1-4H3. The molecule has 0 radical (unpaired) electrons. The van der Waals surface area contributed by atoms with Crippen molar-refractivity contribution in [3.05, 3.63) is 21.4 Å². The minimum atomic E-state index is 0.115. The number of hydrogen-bond acceptors (Lipinski definition) is 1. The Bertz CT molecular complexity index is 313. The third kappa shape index (κ3) is 1.22. The summed E-state index contributed by atoms with van der Waals surface area (Å²) >= 11 is 3.45. The first kappa shape index (κ1) is 9.52. The molecule has 2 nitrogen and oxygen atoms in total. The van der Waals surface area contributed by atoms with E-state index in [-0.39, 0.29) is 5.78 Å². The molecule has 0 aliphatic rings. The fourth-order valence-corrected chi connectivity index (χ4v) is 1.90. The second-order valence-electron chi connectivity index (χ2n) is 2.99. The third-order valence-corrected chi connectivity index (χ3v) is 3.34. The van der Waals surface area contributed by atoms with Crippen LogP contribution >= 0.6 is 15.9 Å². The molecule has 0 aromatic carbocycles. The maximum Gasteiger partial charge on any atom is 0.176 e. The van der Waals surface area contributed by atoms with E-state index in [2.05, 4.69) is 15.9 Å². The molecule has 0 fully saturated rings. The van der Waals surface area contributed by atoms with E-state index in [4.69, 9.17) is 0 Å². The van der Waals surface area contributed by atoms with Crippen LogP contribution < -0.4 is 0 Å². The zero-order valence-corrected chi connectivity index (χ0v) is 9.32. The van der Waals surface area contributed by atoms with Gasteiger partial charge in [0.2, 0.25) is 0 Å². The van der Waals surface area contributed by atoms with E-state index >= 15 is 0 Å². The molecule has 0 aliphatic heterocycles. The number of nitrogens with zero attached hydrogens (tertiary/aromatic N) is 1. The highest BCUT2D eigenvalue weighted by molar-refractivity contribution is 9.10. The third-order valence-electron chi connectivity index (χ3n) is 2.17. The minimum absolute atomic E-state index is 0.115. The first-order valence-electron chi connectivity index (χ1n) is 3.79. The summed E-state index contributed by atoms with van der Waals surface area (Å²) in [6.07, 6.45) is 0. The maximum atomic E-state index is 11.2. The van der Waals surface area contributed by atoms with Crippen LogP contribution in [0, 0.1) is 13.8 Å². The monoisotopic (exact) mass is 229 g/mol. The smallest absolute Gasteiger partial charge is 0.176 e. The van der Waals surface area contributed by atoms with Crippen molar-refractivity contribution >= 4 is 21.7 Å². The van der Waals surface area contributed by atoms with Crippen molar-refractivity contribution in [3.8, 4) is 0 Å². The van der Waals surface area contributed by atoms with Crippen molar-refractivity contribution < 1.29 is 4.79 Å². The van der Waals surface area contributed by atoms with Gasteiger partial charge in [0.1, 0.15) is 0 Å². The van der Waals surface area contributed by atoms with Crippen molar-refractivity contribution in [2.24, 2.45) is 7.05 Å². The number of aromatic nitrogens is 1. The van der Waals surface area contributed by atoms with Crippen molar-refractivity contribution in [1.82, 2.24) is 4.57 Å². The predicted molar refractivity (Wildman–Crippen MR) is 52.6 cm³/mol. The van der Waals surface area contributed by atoms with E-state index < -0.39 is 0 Å². The molecule has 0 saturated heterocycles. The zero-order valence-electron chi connectivity index (χ0n) is 7.73. The van der Waals surface area contributed by atoms with Gasteiger partial charge in [-0.3, -0.25) is 4.79 Å². The van der Waals surface area contributed by atoms with Crippen LogP contribution in [0.4, 0.5) is 0 Å². The lowest BCUT2D eigenvalue weighted by Crippen LogP contribution is -2.03. The van der Waals surface area contributed by atoms with Gasteiger partial charge in [0.15, 0.2) is 5.78 Å². The van der Waals surface area contributed by atoms with E-state index in [0.717, 1.165) is 21.4 Å². The topological polar surface area (TPSA) is 22.0 Å². The molecule has 0 aliphatic carbocycles. The SMILES string of the molecule is CC(=O)c1c(C)c(Br)c(C)n1C. The van der Waals surface area contributed by atoms with Crippen LogP contribution in [-0.4, -0.2) is 10.4 Å². The molecule has 1 aromatic rings. The number of rotatable bonds is 1. The summed E-state index contributed by atoms with van der Waals surface area (Å²) in [5, 5.41) is 0. The van der Waals surface area contributed by atoms with Gasteiger partial charge < -0.3 is 4.57 Å². The van der Waals surface area contributed by atoms with Gasteiger partial charge in [0.25, 0.3) is 0 Å². The summed E-state index contributed by atoms with van der Waals surface area (Å²) in [5.41, 5.74) is 2.92. The summed E-state index contributed by atoms with van der Waals surface area (Å²) in [6, 6.07) is 0. The second kappa shape index (κ2) is 3.05. The highest BCUT2D eigenvalue weighted by atomic mass is 79.9. The lowest BCUT2D eigenvalue weighted by atomic mass is 10.2. The molecule has 0 saturated carbocycles. The van der Waals surface area contributed by atoms with Gasteiger partial charge in [-0.15, -0.1) is 0 Å². The highest BCUT2D eigenvalue weighted by Gasteiger charge is 2.15. The number of hydrogen-bond donors (Lipinski definition) is 0. The zero-order chi connectivity index (χ0) is 9.46. The summed E-state index contributed by atoms with van der Waals surface area (Å²) in [6.45, 7) is 5.53. The van der Waals surface area contributed by atoms with Gasteiger partial charge >= 0.3 is 0 Å². The van der Waals surface area contributed by atoms with Crippen LogP contribution in [-0.2, 0) is 7.05 Å². The van der Waals surface area contributed by atoms with E-state index in [1.54, 1.807) is 6.92 Å². The molecular weight excluding hydrogens is 218 g/mol. The van der Waals surface area contributed by atoms with E-state index in [1.165, 1.54) is 0 Å². The van der Waals surface area contributed by atoms with Gasteiger partial charge in [-0.2, -0.15) is 0 Å². The molecule has 12 heavy (non-hydrogen) atoms. The molecule has 66 valence electrons. The summed E-state index contributed by atoms with van der Waals surface area (Å²) in [5.74, 6) is 0.115. The van der Waals surface area contributed by atoms with Gasteiger partial charge in [-0.05, 0) is 35.3 Å². The number of Topliss-reactive ketones (excluding diaryl/α,β-unsaturated/α-hetero) is 1. The van der Waals surface area contributed by atoms with Crippen LogP contribution in [0.3, 0.4) is 0 Å². The molecule has 1 rings (SSSR count). The van der Waals surface area contributed by atoms with Crippen LogP contribution in [0.2, 0.25) is 0 Å². The Kier molecular flexibility index (Phi) is 2.42. The van der Waals surface area contributed by atoms with Crippen LogP contribution in [0.15, 0.2) is 4.47 Å². The molecular formula is C9H12BrNO. The highest BCUT2D eigenvalue weighted by Crippen LogP contribution is 2.26. The van der Waals surface area contributed by atoms with Crippen LogP contribution in [0.25, 0.3) is 0 Å². The van der Waals surface area contributed by atoms with Crippen LogP contribution in [0.5, 0.6) is 0 Å². The Morgan fingerprint density at radius 1 is 1.42 bits per heavy atom. The quantitative estimate of drug-likeness (QED) is 0.679. The number of halogens is 1. The molecule has 0 bridgehead atoms. The summed E-state index contributed by atoms with van der Waals surface area (Å²) in [7, 11) is 1.91. The van der Waals surface area contributed by atoms with Gasteiger partial charge in [0, 0.05) is 24.1 Å². The summed E-state index contributed by atoms with van der Waals surface area (Å²) < 4.78 is 2.96. The Morgan fingerprint density at radius 3 is 2.08 bits per heavy atom. The fraction of sp³-hybridized carbons (Fsp3) is 0.444. The molecule has 0 spiro atoms. The molecule has 3 heteroatoms. The molecule has 0 atom stereocenters. The Balaban J connectivity index is 3.48.